The summed E-state index contributed by atoms with van der Waals surface area (Å²) in [5, 5.41) is 0. The molecule has 0 atom stereocenters. The lowest BCUT2D eigenvalue weighted by molar-refractivity contribution is 0.977. The summed E-state index contributed by atoms with van der Waals surface area (Å²) in [4.78, 5) is 0. The number of hydrogen-bond acceptors (Lipinski definition) is 0. The monoisotopic (exact) mass is 368 g/mol. The SMILES string of the molecule is C=C(C)c1c(/C=C/I)c(CC)c(C)c(CC)c1CC. The van der Waals surface area contributed by atoms with Crippen LogP contribution in [0.3, 0.4) is 0 Å². The quantitative estimate of drug-likeness (QED) is 0.549. The highest BCUT2D eigenvalue weighted by Crippen LogP contribution is 2.34. The Morgan fingerprint density at radius 1 is 1.05 bits per heavy atom. The molecule has 1 heteroatoms. The van der Waals surface area contributed by atoms with Gasteiger partial charge in [-0.3, -0.25) is 0 Å². The summed E-state index contributed by atoms with van der Waals surface area (Å²) in [6.07, 6.45) is 5.52. The van der Waals surface area contributed by atoms with E-state index in [-0.39, 0.29) is 0 Å². The molecule has 0 nitrogen and oxygen atoms in total. The Hall–Kier alpha value is -0.570. The van der Waals surface area contributed by atoms with Crippen molar-refractivity contribution in [3.8, 4) is 0 Å². The summed E-state index contributed by atoms with van der Waals surface area (Å²) in [6.45, 7) is 15.4. The summed E-state index contributed by atoms with van der Waals surface area (Å²) in [7, 11) is 0. The number of rotatable bonds is 5. The molecule has 0 saturated carbocycles. The molecule has 0 spiro atoms. The maximum Gasteiger partial charge on any atom is -0.0123 e. The van der Waals surface area contributed by atoms with Crippen molar-refractivity contribution in [1.29, 1.82) is 0 Å². The minimum absolute atomic E-state index is 1.08. The van der Waals surface area contributed by atoms with E-state index in [1.165, 1.54) is 39.0 Å². The molecule has 1 aromatic carbocycles. The molecule has 1 aromatic rings. The predicted molar refractivity (Wildman–Crippen MR) is 97.1 cm³/mol. The summed E-state index contributed by atoms with van der Waals surface area (Å²) in [5.74, 6) is 0. The smallest absolute Gasteiger partial charge is 0.0123 e. The molecule has 0 aliphatic carbocycles. The highest BCUT2D eigenvalue weighted by Gasteiger charge is 2.17. The third-order valence-corrected chi connectivity index (χ3v) is 4.24. The van der Waals surface area contributed by atoms with Crippen LogP contribution in [0, 0.1) is 6.92 Å². The fourth-order valence-corrected chi connectivity index (χ4v) is 3.49. The van der Waals surface area contributed by atoms with Gasteiger partial charge in [-0.15, -0.1) is 0 Å². The standard InChI is InChI=1S/C18H25I/c1-7-14-13(6)15(8-2)17(10-11-19)18(12(4)5)16(14)9-3/h10-11H,4,7-9H2,1-3,5-6H3/b11-10+. The van der Waals surface area contributed by atoms with Gasteiger partial charge in [0.05, 0.1) is 0 Å². The van der Waals surface area contributed by atoms with Gasteiger partial charge in [0, 0.05) is 0 Å². The molecule has 0 fully saturated rings. The van der Waals surface area contributed by atoms with Crippen LogP contribution in [0.1, 0.15) is 61.1 Å². The van der Waals surface area contributed by atoms with Gasteiger partial charge in [0.1, 0.15) is 0 Å². The molecule has 0 aromatic heterocycles. The van der Waals surface area contributed by atoms with E-state index in [0.717, 1.165) is 19.3 Å². The van der Waals surface area contributed by atoms with Crippen molar-refractivity contribution in [1.82, 2.24) is 0 Å². The lowest BCUT2D eigenvalue weighted by atomic mass is 9.82. The number of allylic oxidation sites excluding steroid dienone is 1. The number of hydrogen-bond donors (Lipinski definition) is 0. The Morgan fingerprint density at radius 2 is 1.58 bits per heavy atom. The molecule has 1 rings (SSSR count). The average Bonchev–Trinajstić information content (AvgIpc) is 2.38. The van der Waals surface area contributed by atoms with E-state index in [2.05, 4.69) is 73.9 Å². The Labute approximate surface area is 132 Å². The molecule has 19 heavy (non-hydrogen) atoms. The minimum Gasteiger partial charge on any atom is -0.0955 e. The third-order valence-electron chi connectivity index (χ3n) is 3.88. The largest absolute Gasteiger partial charge is 0.0955 e. The average molecular weight is 368 g/mol. The Balaban J connectivity index is 3.87. The van der Waals surface area contributed by atoms with Crippen LogP contribution < -0.4 is 0 Å². The van der Waals surface area contributed by atoms with Gasteiger partial charge < -0.3 is 0 Å². The van der Waals surface area contributed by atoms with Crippen molar-refractivity contribution in [2.75, 3.05) is 0 Å². The molecule has 0 heterocycles. The van der Waals surface area contributed by atoms with Crippen LogP contribution in [0.4, 0.5) is 0 Å². The predicted octanol–water partition coefficient (Wildman–Crippen LogP) is 6.12. The fourth-order valence-electron chi connectivity index (χ4n) is 3.13. The van der Waals surface area contributed by atoms with Crippen LogP contribution in [0.25, 0.3) is 11.6 Å². The molecule has 0 unspecified atom stereocenters. The van der Waals surface area contributed by atoms with Crippen LogP contribution >= 0.6 is 22.6 Å². The second-order valence-corrected chi connectivity index (χ2v) is 5.70. The van der Waals surface area contributed by atoms with Crippen LogP contribution in [-0.4, -0.2) is 0 Å². The minimum atomic E-state index is 1.08. The van der Waals surface area contributed by atoms with Crippen molar-refractivity contribution in [2.45, 2.75) is 53.9 Å². The molecule has 0 aliphatic heterocycles. The molecule has 0 aliphatic rings. The van der Waals surface area contributed by atoms with Gasteiger partial charge in [0.25, 0.3) is 0 Å². The van der Waals surface area contributed by atoms with Crippen LogP contribution in [-0.2, 0) is 19.3 Å². The number of benzene rings is 1. The zero-order chi connectivity index (χ0) is 14.6. The van der Waals surface area contributed by atoms with E-state index in [1.54, 1.807) is 0 Å². The molecule has 0 radical (unpaired) electrons. The van der Waals surface area contributed by atoms with Crippen molar-refractivity contribution in [2.24, 2.45) is 0 Å². The van der Waals surface area contributed by atoms with Gasteiger partial charge >= 0.3 is 0 Å². The highest BCUT2D eigenvalue weighted by atomic mass is 127. The van der Waals surface area contributed by atoms with Crippen LogP contribution in [0.15, 0.2) is 10.7 Å². The first-order chi connectivity index (χ1) is 9.03. The third kappa shape index (κ3) is 3.13. The van der Waals surface area contributed by atoms with Crippen molar-refractivity contribution < 1.29 is 0 Å². The fraction of sp³-hybridized carbons (Fsp3) is 0.444. The van der Waals surface area contributed by atoms with Gasteiger partial charge in [-0.25, -0.2) is 0 Å². The molecular weight excluding hydrogens is 343 g/mol. The van der Waals surface area contributed by atoms with Gasteiger partial charge in [0.15, 0.2) is 0 Å². The summed E-state index contributed by atoms with van der Waals surface area (Å²) in [6, 6.07) is 0. The lowest BCUT2D eigenvalue weighted by Gasteiger charge is -2.23. The Bertz CT molecular complexity index is 507. The zero-order valence-corrected chi connectivity index (χ0v) is 15.0. The Kier molecular flexibility index (Phi) is 6.31. The van der Waals surface area contributed by atoms with Gasteiger partial charge in [-0.05, 0) is 76.6 Å². The van der Waals surface area contributed by atoms with Crippen LogP contribution in [0.2, 0.25) is 0 Å². The van der Waals surface area contributed by atoms with E-state index in [4.69, 9.17) is 0 Å². The second kappa shape index (κ2) is 7.28. The summed E-state index contributed by atoms with van der Waals surface area (Å²) >= 11 is 2.31. The zero-order valence-electron chi connectivity index (χ0n) is 12.9. The topological polar surface area (TPSA) is 0 Å². The Morgan fingerprint density at radius 3 is 1.95 bits per heavy atom. The van der Waals surface area contributed by atoms with Crippen molar-refractivity contribution >= 4 is 34.2 Å². The van der Waals surface area contributed by atoms with Crippen molar-refractivity contribution in [3.05, 3.63) is 44.0 Å². The number of halogens is 1. The van der Waals surface area contributed by atoms with E-state index in [0.29, 0.717) is 0 Å². The maximum absolute atomic E-state index is 4.22. The lowest BCUT2D eigenvalue weighted by Crippen LogP contribution is -2.07. The van der Waals surface area contributed by atoms with Crippen molar-refractivity contribution in [3.63, 3.8) is 0 Å². The van der Waals surface area contributed by atoms with Gasteiger partial charge in [-0.1, -0.05) is 55.5 Å². The second-order valence-electron chi connectivity index (χ2n) is 4.98. The molecule has 0 N–H and O–H groups in total. The van der Waals surface area contributed by atoms with Gasteiger partial charge in [0.2, 0.25) is 0 Å². The first-order valence-corrected chi connectivity index (χ1v) is 8.37. The van der Waals surface area contributed by atoms with E-state index < -0.39 is 0 Å². The van der Waals surface area contributed by atoms with E-state index in [9.17, 15) is 0 Å². The molecular formula is C18H25I. The normalized spacial score (nSPS) is 11.3. The summed E-state index contributed by atoms with van der Waals surface area (Å²) < 4.78 is 2.11. The molecule has 104 valence electrons. The first-order valence-electron chi connectivity index (χ1n) is 7.13. The molecule has 0 bridgehead atoms. The van der Waals surface area contributed by atoms with E-state index >= 15 is 0 Å². The first kappa shape index (κ1) is 16.5. The summed E-state index contributed by atoms with van der Waals surface area (Å²) in [5.41, 5.74) is 9.95. The van der Waals surface area contributed by atoms with Crippen LogP contribution in [0.5, 0.6) is 0 Å². The highest BCUT2D eigenvalue weighted by molar-refractivity contribution is 14.1. The van der Waals surface area contributed by atoms with E-state index in [1.807, 2.05) is 0 Å². The van der Waals surface area contributed by atoms with Gasteiger partial charge in [-0.2, -0.15) is 0 Å². The molecule has 0 amide bonds. The maximum atomic E-state index is 4.22. The molecule has 0 saturated heterocycles.